The number of hydrogen-bond acceptors (Lipinski definition) is 1. The second-order valence-corrected chi connectivity index (χ2v) is 4.31. The molecule has 2 atom stereocenters. The Hall–Kier alpha value is 1.18. The third kappa shape index (κ3) is 4.48. The van der Waals surface area contributed by atoms with Crippen molar-refractivity contribution in [2.45, 2.75) is 39.8 Å². The summed E-state index contributed by atoms with van der Waals surface area (Å²) in [5.41, 5.74) is 0. The van der Waals surface area contributed by atoms with Gasteiger partial charge < -0.3 is 10.1 Å². The third-order valence-electron chi connectivity index (χ3n) is 2.50. The minimum atomic E-state index is 0. The first-order valence-corrected chi connectivity index (χ1v) is 4.89. The molecule has 1 aliphatic heterocycles. The van der Waals surface area contributed by atoms with E-state index in [0.29, 0.717) is 23.9 Å². The largest absolute Gasteiger partial charge is 0.653 e. The molecule has 1 radical (unpaired) electrons. The van der Waals surface area contributed by atoms with Crippen LogP contribution in [0.3, 0.4) is 0 Å². The second-order valence-electron chi connectivity index (χ2n) is 4.31. The van der Waals surface area contributed by atoms with Gasteiger partial charge in [0.05, 0.1) is 0 Å². The number of ether oxygens (including phenoxy) is 1. The molecule has 3 heteroatoms. The van der Waals surface area contributed by atoms with Crippen LogP contribution in [-0.4, -0.2) is 25.3 Å². The van der Waals surface area contributed by atoms with Crippen LogP contribution in [0.2, 0.25) is 0 Å². The van der Waals surface area contributed by atoms with Crippen LogP contribution in [0.5, 0.6) is 0 Å². The van der Waals surface area contributed by atoms with Crippen molar-refractivity contribution in [1.82, 2.24) is 0 Å². The molecule has 83 valence electrons. The smallest absolute Gasteiger partial charge is 0.0307 e. The molecule has 0 saturated carbocycles. The van der Waals surface area contributed by atoms with Crippen molar-refractivity contribution in [3.63, 3.8) is 0 Å². The van der Waals surface area contributed by atoms with E-state index in [1.54, 1.807) is 0 Å². The first-order valence-electron chi connectivity index (χ1n) is 4.89. The first kappa shape index (κ1) is 14.2. The van der Waals surface area contributed by atoms with Crippen molar-refractivity contribution >= 4 is 0 Å². The standard InChI is InChI=1S/C10H20NO.Ho/c1-7(2)9-5-12-6-10(11-9)8(3)4;/h7-10H,5-6H2,1-4H3;/q-1;. The zero-order chi connectivity index (χ0) is 9.14. The summed E-state index contributed by atoms with van der Waals surface area (Å²) < 4.78 is 5.52. The van der Waals surface area contributed by atoms with Gasteiger partial charge in [0.1, 0.15) is 0 Å². The van der Waals surface area contributed by atoms with E-state index in [1.165, 1.54) is 0 Å². The predicted molar refractivity (Wildman–Crippen MR) is 51.4 cm³/mol. The monoisotopic (exact) mass is 335 g/mol. The summed E-state index contributed by atoms with van der Waals surface area (Å²) in [6.45, 7) is 10.5. The van der Waals surface area contributed by atoms with Gasteiger partial charge in [0.25, 0.3) is 0 Å². The molecule has 1 fully saturated rings. The normalized spacial score (nSPS) is 29.1. The molecule has 0 N–H and O–H groups in total. The molecule has 0 aromatic carbocycles. The van der Waals surface area contributed by atoms with E-state index >= 15 is 0 Å². The van der Waals surface area contributed by atoms with Crippen molar-refractivity contribution in [2.24, 2.45) is 11.8 Å². The summed E-state index contributed by atoms with van der Waals surface area (Å²) in [6.07, 6.45) is 0. The zero-order valence-electron chi connectivity index (χ0n) is 8.88. The third-order valence-corrected chi connectivity index (χ3v) is 2.50. The SMILES string of the molecule is CC(C)C1COCC(C(C)C)[N-]1.[Ho]. The number of nitrogens with zero attached hydrogens (tertiary/aromatic N) is 1. The van der Waals surface area contributed by atoms with Crippen LogP contribution in [0.1, 0.15) is 27.7 Å². The summed E-state index contributed by atoms with van der Waals surface area (Å²) in [7, 11) is 0. The maximum absolute atomic E-state index is 5.52. The zero-order valence-corrected chi connectivity index (χ0v) is 10.8. The summed E-state index contributed by atoms with van der Waals surface area (Å²) in [5, 5.41) is 4.76. The van der Waals surface area contributed by atoms with Crippen molar-refractivity contribution in [1.29, 1.82) is 0 Å². The molecule has 0 amide bonds. The van der Waals surface area contributed by atoms with Crippen molar-refractivity contribution in [3.8, 4) is 0 Å². The van der Waals surface area contributed by atoms with Gasteiger partial charge in [-0.05, 0) is 0 Å². The topological polar surface area (TPSA) is 23.3 Å². The molecule has 0 aromatic heterocycles. The van der Waals surface area contributed by atoms with E-state index in [1.807, 2.05) is 0 Å². The summed E-state index contributed by atoms with van der Waals surface area (Å²) >= 11 is 0. The fourth-order valence-electron chi connectivity index (χ4n) is 1.37. The number of morpholine rings is 1. The Morgan fingerprint density at radius 2 is 1.38 bits per heavy atom. The van der Waals surface area contributed by atoms with E-state index < -0.39 is 0 Å². The molecule has 13 heavy (non-hydrogen) atoms. The van der Waals surface area contributed by atoms with E-state index in [-0.39, 0.29) is 37.7 Å². The second kappa shape index (κ2) is 6.62. The van der Waals surface area contributed by atoms with Gasteiger partial charge in [0.2, 0.25) is 0 Å². The van der Waals surface area contributed by atoms with Crippen LogP contribution >= 0.6 is 0 Å². The number of hydrogen-bond donors (Lipinski definition) is 0. The van der Waals surface area contributed by atoms with E-state index in [4.69, 9.17) is 10.1 Å². The van der Waals surface area contributed by atoms with E-state index in [2.05, 4.69) is 27.7 Å². The summed E-state index contributed by atoms with van der Waals surface area (Å²) in [6, 6.07) is 0.845. The van der Waals surface area contributed by atoms with E-state index in [0.717, 1.165) is 13.2 Å². The molecule has 0 bridgehead atoms. The Bertz CT molecular complexity index is 125. The van der Waals surface area contributed by atoms with Gasteiger partial charge in [-0.2, -0.15) is 0 Å². The minimum absolute atomic E-state index is 0. The van der Waals surface area contributed by atoms with Crippen LogP contribution in [0.25, 0.3) is 5.32 Å². The molecule has 2 unspecified atom stereocenters. The molecule has 0 aromatic rings. The van der Waals surface area contributed by atoms with Gasteiger partial charge in [-0.15, -0.1) is 12.1 Å². The molecule has 1 aliphatic rings. The van der Waals surface area contributed by atoms with Gasteiger partial charge in [-0.3, -0.25) is 0 Å². The van der Waals surface area contributed by atoms with Crippen LogP contribution in [0.4, 0.5) is 0 Å². The Kier molecular flexibility index (Phi) is 7.23. The predicted octanol–water partition coefficient (Wildman–Crippen LogP) is 2.44. The maximum atomic E-state index is 5.52. The van der Waals surface area contributed by atoms with Gasteiger partial charge in [0.15, 0.2) is 0 Å². The van der Waals surface area contributed by atoms with Crippen LogP contribution < -0.4 is 0 Å². The first-order chi connectivity index (χ1) is 5.61. The maximum Gasteiger partial charge on any atom is 0.0307 e. The van der Waals surface area contributed by atoms with Crippen molar-refractivity contribution in [2.75, 3.05) is 13.2 Å². The molecule has 1 saturated heterocycles. The molecule has 2 nitrogen and oxygen atoms in total. The quantitative estimate of drug-likeness (QED) is 0.711. The van der Waals surface area contributed by atoms with Crippen molar-refractivity contribution < 1.29 is 42.5 Å². The molecule has 1 rings (SSSR count). The van der Waals surface area contributed by atoms with E-state index in [9.17, 15) is 0 Å². The Labute approximate surface area is 112 Å². The van der Waals surface area contributed by atoms with Gasteiger partial charge in [0, 0.05) is 51.0 Å². The summed E-state index contributed by atoms with van der Waals surface area (Å²) in [5.74, 6) is 1.23. The average Bonchev–Trinajstić information content (AvgIpc) is 2.04. The summed E-state index contributed by atoms with van der Waals surface area (Å²) in [4.78, 5) is 0. The molecular weight excluding hydrogens is 315 g/mol. The Morgan fingerprint density at radius 1 is 1.00 bits per heavy atom. The molecular formula is C10H20HoNO-. The average molecular weight is 335 g/mol. The van der Waals surface area contributed by atoms with Crippen molar-refractivity contribution in [3.05, 3.63) is 5.32 Å². The van der Waals surface area contributed by atoms with Crippen LogP contribution in [0, 0.1) is 49.6 Å². The Balaban J connectivity index is 0.00000144. The minimum Gasteiger partial charge on any atom is -0.653 e. The van der Waals surface area contributed by atoms with Gasteiger partial charge in [-0.1, -0.05) is 39.5 Å². The fraction of sp³-hybridized carbons (Fsp3) is 1.00. The van der Waals surface area contributed by atoms with Gasteiger partial charge in [-0.25, -0.2) is 0 Å². The van der Waals surface area contributed by atoms with Gasteiger partial charge >= 0.3 is 0 Å². The molecule has 0 aliphatic carbocycles. The molecule has 1 heterocycles. The number of rotatable bonds is 2. The van der Waals surface area contributed by atoms with Crippen LogP contribution in [0.15, 0.2) is 0 Å². The van der Waals surface area contributed by atoms with Crippen LogP contribution in [-0.2, 0) is 4.74 Å². The Morgan fingerprint density at radius 3 is 1.69 bits per heavy atom. The molecule has 0 spiro atoms. The fourth-order valence-corrected chi connectivity index (χ4v) is 1.37.